The van der Waals surface area contributed by atoms with Crippen molar-refractivity contribution in [3.8, 4) is 17.4 Å². The van der Waals surface area contributed by atoms with Gasteiger partial charge in [-0.2, -0.15) is 5.26 Å². The molecule has 1 aromatic carbocycles. The predicted octanol–water partition coefficient (Wildman–Crippen LogP) is 2.59. The van der Waals surface area contributed by atoms with Crippen molar-refractivity contribution in [2.75, 3.05) is 0 Å². The number of rotatable bonds is 2. The molecule has 0 aliphatic heterocycles. The summed E-state index contributed by atoms with van der Waals surface area (Å²) in [7, 11) is 0. The van der Waals surface area contributed by atoms with Crippen molar-refractivity contribution in [2.24, 2.45) is 0 Å². The van der Waals surface area contributed by atoms with Crippen LogP contribution in [0.2, 0.25) is 0 Å². The summed E-state index contributed by atoms with van der Waals surface area (Å²) in [5.41, 5.74) is 1.36. The fraction of sp³-hybridized carbons (Fsp3) is 0. The number of aromatic nitrogens is 1. The van der Waals surface area contributed by atoms with Gasteiger partial charge < -0.3 is 4.52 Å². The second kappa shape index (κ2) is 4.17. The van der Waals surface area contributed by atoms with Crippen LogP contribution < -0.4 is 0 Å². The van der Waals surface area contributed by atoms with Gasteiger partial charge in [0, 0.05) is 11.6 Å². The average Bonchev–Trinajstić information content (AvgIpc) is 2.78. The fourth-order valence-electron chi connectivity index (χ4n) is 1.21. The zero-order valence-electron chi connectivity index (χ0n) is 7.98. The molecule has 0 fully saturated rings. The summed E-state index contributed by atoms with van der Waals surface area (Å²) in [5.74, 6) is 0.438. The topological polar surface area (TPSA) is 66.9 Å². The predicted molar refractivity (Wildman–Crippen MR) is 56.8 cm³/mol. The highest BCUT2D eigenvalue weighted by atomic mass is 35.5. The van der Waals surface area contributed by atoms with E-state index in [1.54, 1.807) is 24.3 Å². The van der Waals surface area contributed by atoms with Gasteiger partial charge >= 0.3 is 0 Å². The molecule has 1 aromatic heterocycles. The number of hydrogen-bond acceptors (Lipinski definition) is 4. The van der Waals surface area contributed by atoms with Crippen LogP contribution in [0.4, 0.5) is 0 Å². The van der Waals surface area contributed by atoms with Gasteiger partial charge in [0.05, 0.1) is 11.6 Å². The van der Waals surface area contributed by atoms with Gasteiger partial charge in [0.15, 0.2) is 11.5 Å². The Bertz CT molecular complexity index is 566. The van der Waals surface area contributed by atoms with Gasteiger partial charge in [0.2, 0.25) is 0 Å². The maximum absolute atomic E-state index is 10.8. The van der Waals surface area contributed by atoms with Crippen LogP contribution in [0.15, 0.2) is 34.9 Å². The monoisotopic (exact) mass is 232 g/mol. The largest absolute Gasteiger partial charge is 0.356 e. The minimum absolute atomic E-state index is 0.0704. The summed E-state index contributed by atoms with van der Waals surface area (Å²) in [4.78, 5) is 10.8. The molecule has 1 heterocycles. The van der Waals surface area contributed by atoms with Crippen LogP contribution in [0, 0.1) is 11.3 Å². The van der Waals surface area contributed by atoms with E-state index in [1.165, 1.54) is 6.07 Å². The smallest absolute Gasteiger partial charge is 0.274 e. The molecule has 5 heteroatoms. The Morgan fingerprint density at radius 2 is 2.06 bits per heavy atom. The van der Waals surface area contributed by atoms with Crippen molar-refractivity contribution in [3.63, 3.8) is 0 Å². The van der Waals surface area contributed by atoms with Crippen molar-refractivity contribution in [1.29, 1.82) is 5.26 Å². The SMILES string of the molecule is N#Cc1ccc(-c2cc(C(=O)Cl)no2)cc1. The molecule has 0 aliphatic rings. The third kappa shape index (κ3) is 1.95. The normalized spacial score (nSPS) is 9.75. The number of carbonyl (C=O) groups excluding carboxylic acids is 1. The van der Waals surface area contributed by atoms with Gasteiger partial charge in [-0.15, -0.1) is 0 Å². The van der Waals surface area contributed by atoms with Crippen LogP contribution in [0.1, 0.15) is 16.1 Å². The molecule has 0 aliphatic carbocycles. The van der Waals surface area contributed by atoms with Gasteiger partial charge in [-0.25, -0.2) is 0 Å². The average molecular weight is 233 g/mol. The van der Waals surface area contributed by atoms with Crippen LogP contribution in [0.3, 0.4) is 0 Å². The minimum Gasteiger partial charge on any atom is -0.356 e. The van der Waals surface area contributed by atoms with Crippen LogP contribution in [0.25, 0.3) is 11.3 Å². The van der Waals surface area contributed by atoms with Crippen LogP contribution in [-0.4, -0.2) is 10.4 Å². The lowest BCUT2D eigenvalue weighted by molar-refractivity contribution is 0.107. The number of halogens is 1. The van der Waals surface area contributed by atoms with Crippen LogP contribution >= 0.6 is 11.6 Å². The van der Waals surface area contributed by atoms with E-state index in [0.717, 1.165) is 5.56 Å². The molecule has 16 heavy (non-hydrogen) atoms. The molecular formula is C11H5ClN2O2. The van der Waals surface area contributed by atoms with Crippen molar-refractivity contribution < 1.29 is 9.32 Å². The summed E-state index contributed by atoms with van der Waals surface area (Å²) in [6.45, 7) is 0. The van der Waals surface area contributed by atoms with Gasteiger partial charge in [-0.3, -0.25) is 4.79 Å². The molecule has 0 bridgehead atoms. The molecule has 0 saturated carbocycles. The molecule has 2 rings (SSSR count). The molecule has 2 aromatic rings. The molecule has 0 atom stereocenters. The second-order valence-electron chi connectivity index (χ2n) is 3.04. The molecule has 4 nitrogen and oxygen atoms in total. The molecule has 0 unspecified atom stereocenters. The maximum Gasteiger partial charge on any atom is 0.274 e. The summed E-state index contributed by atoms with van der Waals surface area (Å²) < 4.78 is 4.95. The van der Waals surface area contributed by atoms with Crippen molar-refractivity contribution in [3.05, 3.63) is 41.6 Å². The number of nitrogens with zero attached hydrogens (tertiary/aromatic N) is 2. The number of hydrogen-bond donors (Lipinski definition) is 0. The summed E-state index contributed by atoms with van der Waals surface area (Å²) >= 11 is 5.25. The Kier molecular flexibility index (Phi) is 2.71. The van der Waals surface area contributed by atoms with Gasteiger partial charge in [0.1, 0.15) is 0 Å². The van der Waals surface area contributed by atoms with E-state index >= 15 is 0 Å². The number of benzene rings is 1. The lowest BCUT2D eigenvalue weighted by Gasteiger charge is -1.93. The maximum atomic E-state index is 10.8. The first-order chi connectivity index (χ1) is 7.70. The third-order valence-corrected chi connectivity index (χ3v) is 2.20. The van der Waals surface area contributed by atoms with Crippen molar-refractivity contribution >= 4 is 16.8 Å². The third-order valence-electron chi connectivity index (χ3n) is 2.01. The van der Waals surface area contributed by atoms with E-state index in [1.807, 2.05) is 6.07 Å². The summed E-state index contributed by atoms with van der Waals surface area (Å²) in [6.07, 6.45) is 0. The van der Waals surface area contributed by atoms with E-state index < -0.39 is 5.24 Å². The Labute approximate surface area is 96.0 Å². The minimum atomic E-state index is -0.663. The first-order valence-electron chi connectivity index (χ1n) is 4.38. The lowest BCUT2D eigenvalue weighted by Crippen LogP contribution is -1.85. The molecular weight excluding hydrogens is 228 g/mol. The van der Waals surface area contributed by atoms with Crippen LogP contribution in [-0.2, 0) is 0 Å². The zero-order chi connectivity index (χ0) is 11.5. The van der Waals surface area contributed by atoms with Gasteiger partial charge in [-0.05, 0) is 35.9 Å². The lowest BCUT2D eigenvalue weighted by atomic mass is 10.1. The second-order valence-corrected chi connectivity index (χ2v) is 3.38. The van der Waals surface area contributed by atoms with Gasteiger partial charge in [-0.1, -0.05) is 5.16 Å². The Morgan fingerprint density at radius 3 is 2.56 bits per heavy atom. The van der Waals surface area contributed by atoms with Crippen molar-refractivity contribution in [1.82, 2.24) is 5.16 Å². The number of carbonyl (C=O) groups is 1. The Morgan fingerprint density at radius 1 is 1.38 bits per heavy atom. The van der Waals surface area contributed by atoms with Crippen LogP contribution in [0.5, 0.6) is 0 Å². The van der Waals surface area contributed by atoms with Crippen molar-refractivity contribution in [2.45, 2.75) is 0 Å². The molecule has 0 N–H and O–H groups in total. The molecule has 0 spiro atoms. The summed E-state index contributed by atoms with van der Waals surface area (Å²) in [6, 6.07) is 10.2. The van der Waals surface area contributed by atoms with E-state index in [-0.39, 0.29) is 5.69 Å². The Hall–Kier alpha value is -2.12. The van der Waals surface area contributed by atoms with E-state index in [4.69, 9.17) is 21.4 Å². The highest BCUT2D eigenvalue weighted by molar-refractivity contribution is 6.67. The Balaban J connectivity index is 2.36. The first kappa shape index (κ1) is 10.4. The standard InChI is InChI=1S/C11H5ClN2O2/c12-11(15)9-5-10(16-14-9)8-3-1-7(6-13)2-4-8/h1-5H. The fourth-order valence-corrected chi connectivity index (χ4v) is 1.30. The van der Waals surface area contributed by atoms with E-state index in [9.17, 15) is 4.79 Å². The van der Waals surface area contributed by atoms with E-state index in [0.29, 0.717) is 11.3 Å². The quantitative estimate of drug-likeness (QED) is 0.747. The first-order valence-corrected chi connectivity index (χ1v) is 4.75. The molecule has 0 amide bonds. The molecule has 78 valence electrons. The zero-order valence-corrected chi connectivity index (χ0v) is 8.73. The highest BCUT2D eigenvalue weighted by Crippen LogP contribution is 2.21. The highest BCUT2D eigenvalue weighted by Gasteiger charge is 2.11. The summed E-state index contributed by atoms with van der Waals surface area (Å²) in [5, 5.41) is 11.5. The number of nitriles is 1. The van der Waals surface area contributed by atoms with Gasteiger partial charge in [0.25, 0.3) is 5.24 Å². The molecule has 0 radical (unpaired) electrons. The molecule has 0 saturated heterocycles. The van der Waals surface area contributed by atoms with E-state index in [2.05, 4.69) is 5.16 Å².